The van der Waals surface area contributed by atoms with Crippen LogP contribution in [0.15, 0.2) is 36.5 Å². The number of carbonyl (C=O) groups excluding carboxylic acids is 1. The number of esters is 1. The number of aliphatic hydroxyl groups excluding tert-OH is 1. The van der Waals surface area contributed by atoms with E-state index >= 15 is 0 Å². The molecule has 0 aliphatic heterocycles. The topological polar surface area (TPSA) is 55.8 Å². The van der Waals surface area contributed by atoms with Crippen LogP contribution < -0.4 is 0 Å². The summed E-state index contributed by atoms with van der Waals surface area (Å²) < 4.78 is 11.1. The third kappa shape index (κ3) is 41.0. The van der Waals surface area contributed by atoms with Gasteiger partial charge in [-0.2, -0.15) is 0 Å². The molecule has 4 heteroatoms. The second-order valence-corrected chi connectivity index (χ2v) is 14.8. The van der Waals surface area contributed by atoms with Crippen molar-refractivity contribution in [2.24, 2.45) is 0 Å². The predicted octanol–water partition coefficient (Wildman–Crippen LogP) is 14.5. The van der Waals surface area contributed by atoms with Crippen molar-refractivity contribution in [1.29, 1.82) is 0 Å². The van der Waals surface area contributed by atoms with Crippen molar-refractivity contribution in [3.8, 4) is 0 Å². The van der Waals surface area contributed by atoms with Crippen LogP contribution in [0.2, 0.25) is 0 Å². The molecule has 1 N–H and O–H groups in total. The van der Waals surface area contributed by atoms with Crippen molar-refractivity contribution < 1.29 is 19.4 Å². The molecule has 0 aromatic heterocycles. The minimum absolute atomic E-state index is 0.173. The molecule has 0 aliphatic rings. The number of allylic oxidation sites excluding steroid dienone is 6. The van der Waals surface area contributed by atoms with E-state index in [4.69, 9.17) is 9.47 Å². The van der Waals surface area contributed by atoms with Gasteiger partial charge in [-0.1, -0.05) is 185 Å². The molecule has 0 aromatic carbocycles. The Labute approximate surface area is 312 Å². The van der Waals surface area contributed by atoms with Crippen molar-refractivity contribution in [3.05, 3.63) is 36.5 Å². The van der Waals surface area contributed by atoms with Gasteiger partial charge in [0, 0.05) is 13.0 Å². The highest BCUT2D eigenvalue weighted by atomic mass is 16.6. The third-order valence-electron chi connectivity index (χ3n) is 9.69. The highest BCUT2D eigenvalue weighted by Gasteiger charge is 2.13. The summed E-state index contributed by atoms with van der Waals surface area (Å²) >= 11 is 0. The highest BCUT2D eigenvalue weighted by Crippen LogP contribution is 2.14. The first-order chi connectivity index (χ1) is 24.7. The molecular weight excluding hydrogens is 617 g/mol. The van der Waals surface area contributed by atoms with Crippen molar-refractivity contribution in [2.75, 3.05) is 19.8 Å². The van der Waals surface area contributed by atoms with E-state index in [0.717, 1.165) is 25.7 Å². The number of hydrogen-bond acceptors (Lipinski definition) is 4. The zero-order valence-corrected chi connectivity index (χ0v) is 33.7. The van der Waals surface area contributed by atoms with E-state index in [0.29, 0.717) is 19.6 Å². The Morgan fingerprint density at radius 2 is 0.840 bits per heavy atom. The summed E-state index contributed by atoms with van der Waals surface area (Å²) in [7, 11) is 0. The van der Waals surface area contributed by atoms with Gasteiger partial charge in [-0.25, -0.2) is 0 Å². The Kier molecular flexibility index (Phi) is 42.6. The molecule has 0 aliphatic carbocycles. The summed E-state index contributed by atoms with van der Waals surface area (Å²) in [6.45, 7) is 5.32. The molecule has 0 heterocycles. The van der Waals surface area contributed by atoms with Crippen LogP contribution >= 0.6 is 0 Å². The van der Waals surface area contributed by atoms with Gasteiger partial charge in [0.1, 0.15) is 6.10 Å². The summed E-state index contributed by atoms with van der Waals surface area (Å²) in [6, 6.07) is 0. The minimum atomic E-state index is -0.535. The summed E-state index contributed by atoms with van der Waals surface area (Å²) in [5, 5.41) is 9.59. The van der Waals surface area contributed by atoms with Gasteiger partial charge in [0.15, 0.2) is 0 Å². The van der Waals surface area contributed by atoms with E-state index in [9.17, 15) is 9.90 Å². The number of rotatable bonds is 41. The predicted molar refractivity (Wildman–Crippen MR) is 219 cm³/mol. The molecule has 294 valence electrons. The van der Waals surface area contributed by atoms with Crippen molar-refractivity contribution in [3.63, 3.8) is 0 Å². The molecule has 1 atom stereocenters. The maximum atomic E-state index is 12.2. The van der Waals surface area contributed by atoms with Gasteiger partial charge in [0.05, 0.1) is 13.2 Å². The molecule has 4 nitrogen and oxygen atoms in total. The fourth-order valence-corrected chi connectivity index (χ4v) is 6.35. The van der Waals surface area contributed by atoms with Crippen LogP contribution in [0.25, 0.3) is 0 Å². The fraction of sp³-hybridized carbons (Fsp3) is 0.848. The van der Waals surface area contributed by atoms with Crippen LogP contribution in [-0.4, -0.2) is 37.0 Å². The monoisotopic (exact) mass is 703 g/mol. The Bertz CT molecular complexity index is 742. The quantitative estimate of drug-likeness (QED) is 0.0391. The van der Waals surface area contributed by atoms with Gasteiger partial charge in [-0.3, -0.25) is 4.79 Å². The lowest BCUT2D eigenvalue weighted by molar-refractivity contribution is -0.154. The summed E-state index contributed by atoms with van der Waals surface area (Å²) in [6.07, 6.45) is 54.9. The van der Waals surface area contributed by atoms with Gasteiger partial charge in [-0.15, -0.1) is 0 Å². The van der Waals surface area contributed by atoms with Gasteiger partial charge < -0.3 is 14.6 Å². The van der Waals surface area contributed by atoms with E-state index in [-0.39, 0.29) is 12.6 Å². The number of hydrogen-bond donors (Lipinski definition) is 1. The van der Waals surface area contributed by atoms with E-state index in [1.807, 2.05) is 0 Å². The second kappa shape index (κ2) is 43.8. The number of ether oxygens (including phenoxy) is 2. The third-order valence-corrected chi connectivity index (χ3v) is 9.69. The molecule has 0 amide bonds. The summed E-state index contributed by atoms with van der Waals surface area (Å²) in [5.74, 6) is -0.202. The van der Waals surface area contributed by atoms with E-state index in [1.165, 1.54) is 180 Å². The van der Waals surface area contributed by atoms with Crippen molar-refractivity contribution >= 4 is 5.97 Å². The second-order valence-electron chi connectivity index (χ2n) is 14.8. The molecule has 0 fully saturated rings. The largest absolute Gasteiger partial charge is 0.457 e. The zero-order chi connectivity index (χ0) is 36.3. The van der Waals surface area contributed by atoms with Gasteiger partial charge in [0.25, 0.3) is 0 Å². The standard InChI is InChI=1S/C46H86O4/c1-3-5-7-9-11-13-15-17-18-19-20-21-22-23-24-25-26-27-28-29-31-33-35-37-39-41-46(48)50-45(43-47)44-49-42-40-38-36-34-32-30-16-14-12-10-8-6-4-2/h12,14-15,17,19-20,45,47H,3-11,13,16,18,21-44H2,1-2H3/b14-12-,17-15-,20-19-. The van der Waals surface area contributed by atoms with Crippen molar-refractivity contribution in [2.45, 2.75) is 232 Å². The number of unbranched alkanes of at least 4 members (excludes halogenated alkanes) is 27. The van der Waals surface area contributed by atoms with E-state index in [2.05, 4.69) is 50.3 Å². The molecule has 0 radical (unpaired) electrons. The van der Waals surface area contributed by atoms with Gasteiger partial charge in [-0.05, 0) is 70.6 Å². The lowest BCUT2D eigenvalue weighted by Crippen LogP contribution is -2.27. The highest BCUT2D eigenvalue weighted by molar-refractivity contribution is 5.69. The first-order valence-electron chi connectivity index (χ1n) is 22.1. The molecule has 0 spiro atoms. The Morgan fingerprint density at radius 3 is 1.30 bits per heavy atom. The Morgan fingerprint density at radius 1 is 0.480 bits per heavy atom. The van der Waals surface area contributed by atoms with Gasteiger partial charge in [0.2, 0.25) is 0 Å². The first-order valence-corrected chi connectivity index (χ1v) is 22.1. The number of carbonyl (C=O) groups is 1. The molecular formula is C46H86O4. The van der Waals surface area contributed by atoms with Gasteiger partial charge >= 0.3 is 5.97 Å². The maximum absolute atomic E-state index is 12.2. The van der Waals surface area contributed by atoms with Crippen LogP contribution in [0, 0.1) is 0 Å². The molecule has 0 bridgehead atoms. The maximum Gasteiger partial charge on any atom is 0.306 e. The lowest BCUT2D eigenvalue weighted by atomic mass is 10.0. The van der Waals surface area contributed by atoms with Crippen LogP contribution in [0.1, 0.15) is 226 Å². The first kappa shape index (κ1) is 48.6. The van der Waals surface area contributed by atoms with Crippen LogP contribution in [0.5, 0.6) is 0 Å². The number of aliphatic hydroxyl groups is 1. The fourth-order valence-electron chi connectivity index (χ4n) is 6.35. The van der Waals surface area contributed by atoms with Crippen LogP contribution in [0.4, 0.5) is 0 Å². The summed E-state index contributed by atoms with van der Waals surface area (Å²) in [4.78, 5) is 12.2. The van der Waals surface area contributed by atoms with E-state index < -0.39 is 6.10 Å². The smallest absolute Gasteiger partial charge is 0.306 e. The molecule has 1 unspecified atom stereocenters. The SMILES string of the molecule is CCCCC/C=C\CCCCCCCCOCC(CO)OC(=O)CCCCCCCCCCCCCCC/C=C\C/C=C\CCCCCCC. The molecule has 50 heavy (non-hydrogen) atoms. The average molecular weight is 703 g/mol. The Balaban J connectivity index is 3.40. The van der Waals surface area contributed by atoms with E-state index in [1.54, 1.807) is 0 Å². The van der Waals surface area contributed by atoms with Crippen molar-refractivity contribution in [1.82, 2.24) is 0 Å². The van der Waals surface area contributed by atoms with Crippen LogP contribution in [-0.2, 0) is 14.3 Å². The van der Waals surface area contributed by atoms with Crippen LogP contribution in [0.3, 0.4) is 0 Å². The molecule has 0 saturated heterocycles. The zero-order valence-electron chi connectivity index (χ0n) is 33.7. The Hall–Kier alpha value is -1.39. The average Bonchev–Trinajstić information content (AvgIpc) is 3.12. The molecule has 0 rings (SSSR count). The lowest BCUT2D eigenvalue weighted by Gasteiger charge is -2.15. The minimum Gasteiger partial charge on any atom is -0.457 e. The normalized spacial score (nSPS) is 12.6. The molecule has 0 saturated carbocycles. The summed E-state index contributed by atoms with van der Waals surface area (Å²) in [5.41, 5.74) is 0. The molecule has 0 aromatic rings.